The van der Waals surface area contributed by atoms with Gasteiger partial charge in [-0.3, -0.25) is 0 Å². The molecule has 0 aromatic rings. The molecule has 3 heteroatoms. The molecule has 15 heavy (non-hydrogen) atoms. The highest BCUT2D eigenvalue weighted by Crippen LogP contribution is 2.16. The molecule has 0 aromatic carbocycles. The number of carbonyl (C=O) groups is 1. The first-order chi connectivity index (χ1) is 7.01. The highest BCUT2D eigenvalue weighted by Gasteiger charge is 2.11. The molecule has 0 aliphatic rings. The average molecular weight is 211 g/mol. The molecule has 0 aliphatic carbocycles. The summed E-state index contributed by atoms with van der Waals surface area (Å²) in [7, 11) is 0. The van der Waals surface area contributed by atoms with E-state index < -0.39 is 6.09 Å². The van der Waals surface area contributed by atoms with Crippen molar-refractivity contribution in [1.82, 2.24) is 0 Å². The summed E-state index contributed by atoms with van der Waals surface area (Å²) in [5.41, 5.74) is 7.43. The number of allylic oxidation sites excluding steroid dienone is 3. The van der Waals surface area contributed by atoms with Crippen molar-refractivity contribution in [2.45, 2.75) is 46.6 Å². The van der Waals surface area contributed by atoms with Crippen molar-refractivity contribution in [3.63, 3.8) is 0 Å². The number of ether oxygens (including phenoxy) is 1. The Kier molecular flexibility index (Phi) is 6.50. The molecule has 2 N–H and O–H groups in total. The van der Waals surface area contributed by atoms with Crippen molar-refractivity contribution in [1.29, 1.82) is 0 Å². The largest absolute Gasteiger partial charge is 0.446 e. The molecular formula is C12H21NO2. The van der Waals surface area contributed by atoms with Crippen molar-refractivity contribution >= 4 is 6.09 Å². The van der Waals surface area contributed by atoms with Gasteiger partial charge in [0.05, 0.1) is 0 Å². The molecule has 0 heterocycles. The van der Waals surface area contributed by atoms with Crippen LogP contribution in [0.2, 0.25) is 0 Å². The van der Waals surface area contributed by atoms with Crippen molar-refractivity contribution in [3.05, 3.63) is 23.3 Å². The van der Waals surface area contributed by atoms with Gasteiger partial charge in [0.2, 0.25) is 0 Å². The molecule has 1 atom stereocenters. The monoisotopic (exact) mass is 211 g/mol. The standard InChI is InChI=1S/C12H21NO2/c1-5-7-10(9(3)4)8-11(6-2)15-12(13)14/h5,7,11H,6,8H2,1-4H3,(H2,13,14). The van der Waals surface area contributed by atoms with Crippen LogP contribution < -0.4 is 5.73 Å². The SMILES string of the molecule is CC=CC(CC(CC)OC(N)=O)=C(C)C. The fraction of sp³-hybridized carbons (Fsp3) is 0.583. The van der Waals surface area contributed by atoms with Crippen LogP contribution in [0, 0.1) is 0 Å². The van der Waals surface area contributed by atoms with E-state index in [2.05, 4.69) is 0 Å². The Morgan fingerprint density at radius 3 is 2.40 bits per heavy atom. The van der Waals surface area contributed by atoms with Crippen molar-refractivity contribution < 1.29 is 9.53 Å². The van der Waals surface area contributed by atoms with Crippen LogP contribution in [-0.4, -0.2) is 12.2 Å². The van der Waals surface area contributed by atoms with Gasteiger partial charge in [0.15, 0.2) is 0 Å². The van der Waals surface area contributed by atoms with Gasteiger partial charge in [0.1, 0.15) is 6.10 Å². The summed E-state index contributed by atoms with van der Waals surface area (Å²) in [6.45, 7) is 8.04. The Bertz CT molecular complexity index is 263. The summed E-state index contributed by atoms with van der Waals surface area (Å²) in [6.07, 6.45) is 4.71. The molecule has 0 bridgehead atoms. The average Bonchev–Trinajstić information content (AvgIpc) is 2.14. The van der Waals surface area contributed by atoms with Gasteiger partial charge in [-0.1, -0.05) is 24.6 Å². The molecule has 0 radical (unpaired) electrons. The van der Waals surface area contributed by atoms with E-state index in [0.29, 0.717) is 0 Å². The van der Waals surface area contributed by atoms with Crippen LogP contribution in [0.5, 0.6) is 0 Å². The predicted molar refractivity (Wildman–Crippen MR) is 62.6 cm³/mol. The quantitative estimate of drug-likeness (QED) is 0.710. The van der Waals surface area contributed by atoms with Crippen LogP contribution >= 0.6 is 0 Å². The summed E-state index contributed by atoms with van der Waals surface area (Å²) in [4.78, 5) is 10.6. The van der Waals surface area contributed by atoms with Crippen LogP contribution in [0.15, 0.2) is 23.3 Å². The molecule has 86 valence electrons. The number of nitrogens with two attached hydrogens (primary N) is 1. The molecule has 3 nitrogen and oxygen atoms in total. The number of carbonyl (C=O) groups excluding carboxylic acids is 1. The fourth-order valence-electron chi connectivity index (χ4n) is 1.32. The third kappa shape index (κ3) is 5.94. The predicted octanol–water partition coefficient (Wildman–Crippen LogP) is 3.16. The minimum absolute atomic E-state index is 0.122. The highest BCUT2D eigenvalue weighted by atomic mass is 16.6. The number of hydrogen-bond acceptors (Lipinski definition) is 2. The smallest absolute Gasteiger partial charge is 0.404 e. The van der Waals surface area contributed by atoms with E-state index in [1.54, 1.807) is 0 Å². The third-order valence-electron chi connectivity index (χ3n) is 2.20. The van der Waals surface area contributed by atoms with Gasteiger partial charge in [-0.25, -0.2) is 4.79 Å². The Balaban J connectivity index is 4.50. The maximum Gasteiger partial charge on any atom is 0.404 e. The second-order valence-electron chi connectivity index (χ2n) is 3.70. The van der Waals surface area contributed by atoms with Crippen molar-refractivity contribution in [2.75, 3.05) is 0 Å². The van der Waals surface area contributed by atoms with Gasteiger partial charge in [0, 0.05) is 6.42 Å². The third-order valence-corrected chi connectivity index (χ3v) is 2.20. The fourth-order valence-corrected chi connectivity index (χ4v) is 1.32. The number of rotatable bonds is 5. The molecule has 1 amide bonds. The molecule has 0 spiro atoms. The maximum absolute atomic E-state index is 10.6. The van der Waals surface area contributed by atoms with Crippen molar-refractivity contribution in [2.24, 2.45) is 5.73 Å². The summed E-state index contributed by atoms with van der Waals surface area (Å²) in [5.74, 6) is 0. The Morgan fingerprint density at radius 1 is 1.47 bits per heavy atom. The Morgan fingerprint density at radius 2 is 2.07 bits per heavy atom. The molecule has 0 saturated carbocycles. The van der Waals surface area contributed by atoms with Gasteiger partial charge in [-0.2, -0.15) is 0 Å². The second kappa shape index (κ2) is 7.10. The Hall–Kier alpha value is -1.25. The van der Waals surface area contributed by atoms with E-state index in [0.717, 1.165) is 12.8 Å². The van der Waals surface area contributed by atoms with Gasteiger partial charge in [-0.15, -0.1) is 0 Å². The minimum Gasteiger partial charge on any atom is -0.446 e. The summed E-state index contributed by atoms with van der Waals surface area (Å²) in [6, 6.07) is 0. The van der Waals surface area contributed by atoms with E-state index in [4.69, 9.17) is 10.5 Å². The van der Waals surface area contributed by atoms with Gasteiger partial charge >= 0.3 is 6.09 Å². The normalized spacial score (nSPS) is 12.5. The lowest BCUT2D eigenvalue weighted by atomic mass is 10.0. The zero-order valence-corrected chi connectivity index (χ0v) is 10.0. The van der Waals surface area contributed by atoms with Gasteiger partial charge < -0.3 is 10.5 Å². The van der Waals surface area contributed by atoms with E-state index >= 15 is 0 Å². The lowest BCUT2D eigenvalue weighted by Crippen LogP contribution is -2.22. The summed E-state index contributed by atoms with van der Waals surface area (Å²) in [5, 5.41) is 0. The highest BCUT2D eigenvalue weighted by molar-refractivity contribution is 5.64. The molecular weight excluding hydrogens is 190 g/mol. The Labute approximate surface area is 92.0 Å². The van der Waals surface area contributed by atoms with Crippen LogP contribution in [0.25, 0.3) is 0 Å². The van der Waals surface area contributed by atoms with E-state index in [-0.39, 0.29) is 6.10 Å². The first-order valence-corrected chi connectivity index (χ1v) is 5.26. The number of primary amides is 1. The minimum atomic E-state index is -0.699. The first-order valence-electron chi connectivity index (χ1n) is 5.26. The van der Waals surface area contributed by atoms with Crippen LogP contribution in [0.3, 0.4) is 0 Å². The lowest BCUT2D eigenvalue weighted by molar-refractivity contribution is 0.104. The number of hydrogen-bond donors (Lipinski definition) is 1. The van der Waals surface area contributed by atoms with Crippen LogP contribution in [-0.2, 0) is 4.74 Å². The van der Waals surface area contributed by atoms with Gasteiger partial charge in [-0.05, 0) is 32.8 Å². The first kappa shape index (κ1) is 13.8. The molecule has 0 saturated heterocycles. The van der Waals surface area contributed by atoms with E-state index in [1.165, 1.54) is 11.1 Å². The van der Waals surface area contributed by atoms with Gasteiger partial charge in [0.25, 0.3) is 0 Å². The lowest BCUT2D eigenvalue weighted by Gasteiger charge is -2.16. The topological polar surface area (TPSA) is 52.3 Å². The summed E-state index contributed by atoms with van der Waals surface area (Å²) >= 11 is 0. The van der Waals surface area contributed by atoms with Crippen LogP contribution in [0.1, 0.15) is 40.5 Å². The molecule has 0 aromatic heterocycles. The number of amides is 1. The molecule has 0 aliphatic heterocycles. The molecule has 0 fully saturated rings. The van der Waals surface area contributed by atoms with E-state index in [1.807, 2.05) is 39.8 Å². The zero-order chi connectivity index (χ0) is 11.8. The molecule has 1 unspecified atom stereocenters. The van der Waals surface area contributed by atoms with Crippen molar-refractivity contribution in [3.8, 4) is 0 Å². The molecule has 0 rings (SSSR count). The second-order valence-corrected chi connectivity index (χ2v) is 3.70. The zero-order valence-electron chi connectivity index (χ0n) is 10.0. The van der Waals surface area contributed by atoms with Crippen LogP contribution in [0.4, 0.5) is 4.79 Å². The summed E-state index contributed by atoms with van der Waals surface area (Å²) < 4.78 is 5.00. The maximum atomic E-state index is 10.6. The van der Waals surface area contributed by atoms with E-state index in [9.17, 15) is 4.79 Å².